The van der Waals surface area contributed by atoms with Gasteiger partial charge in [-0.05, 0) is 38.5 Å². The number of carbonyl (C=O) groups is 2. The Morgan fingerprint density at radius 1 is 1.14 bits per heavy atom. The van der Waals surface area contributed by atoms with E-state index >= 15 is 0 Å². The molecule has 0 bridgehead atoms. The van der Waals surface area contributed by atoms with Crippen LogP contribution in [0, 0.1) is 6.92 Å². The Morgan fingerprint density at radius 2 is 1.83 bits per heavy atom. The smallest absolute Gasteiger partial charge is 0.290 e. The number of rotatable bonds is 9. The number of carbonyl (C=O) groups excluding carboxylic acids is 2. The number of nitrogens with zero attached hydrogens (tertiary/aromatic N) is 1. The van der Waals surface area contributed by atoms with Crippen LogP contribution in [-0.2, 0) is 4.79 Å². The Kier molecular flexibility index (Phi) is 6.54. The van der Waals surface area contributed by atoms with Crippen molar-refractivity contribution in [3.8, 4) is 0 Å². The van der Waals surface area contributed by atoms with Gasteiger partial charge >= 0.3 is 0 Å². The second-order valence-corrected chi connectivity index (χ2v) is 7.37. The highest BCUT2D eigenvalue weighted by Crippen LogP contribution is 2.39. The molecule has 2 aromatic rings. The van der Waals surface area contributed by atoms with Crippen molar-refractivity contribution >= 4 is 11.7 Å². The number of benzene rings is 1. The molecule has 3 rings (SSSR count). The van der Waals surface area contributed by atoms with Gasteiger partial charge in [-0.2, -0.15) is 0 Å². The molecule has 0 spiro atoms. The number of hydrogen-bond donors (Lipinski definition) is 2. The van der Waals surface area contributed by atoms with E-state index < -0.39 is 23.5 Å². The largest absolute Gasteiger partial charge is 0.503 e. The van der Waals surface area contributed by atoms with Gasteiger partial charge in [0.25, 0.3) is 5.91 Å². The van der Waals surface area contributed by atoms with Crippen molar-refractivity contribution in [2.24, 2.45) is 0 Å². The quantitative estimate of drug-likeness (QED) is 0.638. The number of nitrogens with one attached hydrogen (secondary N) is 1. The minimum atomic E-state index is -0.617. The first-order chi connectivity index (χ1) is 14.0. The summed E-state index contributed by atoms with van der Waals surface area (Å²) in [7, 11) is 0. The highest BCUT2D eigenvalue weighted by molar-refractivity contribution is 6.15. The maximum atomic E-state index is 13.1. The number of aliphatic hydroxyl groups excluding tert-OH is 1. The fraction of sp³-hybridized carbons (Fsp3) is 0.391. The highest BCUT2D eigenvalue weighted by atomic mass is 16.3. The lowest BCUT2D eigenvalue weighted by Crippen LogP contribution is -3.11. The molecule has 0 saturated carbocycles. The summed E-state index contributed by atoms with van der Waals surface area (Å²) in [5, 5.41) is 10.6. The molecule has 6 heteroatoms. The summed E-state index contributed by atoms with van der Waals surface area (Å²) in [6.07, 6.45) is 0.792. The van der Waals surface area contributed by atoms with Crippen LogP contribution in [0.2, 0.25) is 0 Å². The summed E-state index contributed by atoms with van der Waals surface area (Å²) < 4.78 is 5.47. The number of quaternary nitrogens is 1. The topological polar surface area (TPSA) is 75.2 Å². The summed E-state index contributed by atoms with van der Waals surface area (Å²) in [6, 6.07) is 12.0. The standard InChI is InChI=1S/C23H28N2O4/c1-4-24(5-2)14-9-15-25-20(17-10-7-6-8-11-17)19(22(27)23(25)28)21(26)18-13-12-16(3)29-18/h6-8,10-13,20,27H,4-5,9,14-15H2,1-3H3/p+1/t20-/m0/s1. The zero-order valence-electron chi connectivity index (χ0n) is 17.3. The molecule has 0 unspecified atom stereocenters. The van der Waals surface area contributed by atoms with E-state index in [1.165, 1.54) is 4.90 Å². The molecule has 0 radical (unpaired) electrons. The van der Waals surface area contributed by atoms with Crippen LogP contribution in [0.25, 0.3) is 0 Å². The SMILES string of the molecule is CC[NH+](CC)CCCN1C(=O)C(O)=C(C(=O)c2ccc(C)o2)[C@@H]1c1ccccc1. The minimum absolute atomic E-state index is 0.0886. The maximum absolute atomic E-state index is 13.1. The molecule has 1 aliphatic rings. The van der Waals surface area contributed by atoms with Crippen LogP contribution in [0.3, 0.4) is 0 Å². The van der Waals surface area contributed by atoms with Crippen LogP contribution in [0.1, 0.15) is 48.2 Å². The van der Waals surface area contributed by atoms with Gasteiger partial charge in [0.2, 0.25) is 5.78 Å². The van der Waals surface area contributed by atoms with E-state index in [0.717, 1.165) is 31.6 Å². The Balaban J connectivity index is 1.91. The van der Waals surface area contributed by atoms with E-state index in [0.29, 0.717) is 12.3 Å². The lowest BCUT2D eigenvalue weighted by molar-refractivity contribution is -0.896. The molecule has 1 aromatic carbocycles. The third-order valence-electron chi connectivity index (χ3n) is 5.56. The predicted molar refractivity (Wildman–Crippen MR) is 110 cm³/mol. The van der Waals surface area contributed by atoms with Gasteiger partial charge in [-0.15, -0.1) is 0 Å². The summed E-state index contributed by atoms with van der Waals surface area (Å²) in [6.45, 7) is 9.49. The molecule has 29 heavy (non-hydrogen) atoms. The van der Waals surface area contributed by atoms with Gasteiger partial charge in [-0.25, -0.2) is 0 Å². The molecular formula is C23H29N2O4+. The molecule has 1 amide bonds. The fourth-order valence-electron chi connectivity index (χ4n) is 3.89. The summed E-state index contributed by atoms with van der Waals surface area (Å²) >= 11 is 0. The van der Waals surface area contributed by atoms with E-state index in [1.807, 2.05) is 30.3 Å². The van der Waals surface area contributed by atoms with E-state index in [9.17, 15) is 14.7 Å². The Morgan fingerprint density at radius 3 is 2.41 bits per heavy atom. The molecule has 154 valence electrons. The molecule has 0 saturated heterocycles. The highest BCUT2D eigenvalue weighted by Gasteiger charge is 2.44. The van der Waals surface area contributed by atoms with E-state index in [2.05, 4.69) is 13.8 Å². The number of aryl methyl sites for hydroxylation is 1. The van der Waals surface area contributed by atoms with Crippen LogP contribution in [0.4, 0.5) is 0 Å². The van der Waals surface area contributed by atoms with Gasteiger partial charge in [0.15, 0.2) is 11.5 Å². The number of aliphatic hydroxyl groups is 1. The lowest BCUT2D eigenvalue weighted by atomic mass is 9.95. The Labute approximate surface area is 171 Å². The van der Waals surface area contributed by atoms with Crippen molar-refractivity contribution in [3.63, 3.8) is 0 Å². The summed E-state index contributed by atoms with van der Waals surface area (Å²) in [4.78, 5) is 29.1. The van der Waals surface area contributed by atoms with Gasteiger partial charge in [-0.3, -0.25) is 9.59 Å². The van der Waals surface area contributed by atoms with Crippen molar-refractivity contribution in [2.45, 2.75) is 33.2 Å². The second kappa shape index (κ2) is 9.09. The zero-order chi connectivity index (χ0) is 21.0. The third-order valence-corrected chi connectivity index (χ3v) is 5.56. The zero-order valence-corrected chi connectivity index (χ0v) is 17.3. The van der Waals surface area contributed by atoms with Gasteiger partial charge in [0.1, 0.15) is 5.76 Å². The number of amides is 1. The molecule has 0 fully saturated rings. The first-order valence-corrected chi connectivity index (χ1v) is 10.2. The van der Waals surface area contributed by atoms with E-state index in [4.69, 9.17) is 4.42 Å². The Hall–Kier alpha value is -2.86. The molecule has 1 aromatic heterocycles. The average Bonchev–Trinajstić information content (AvgIpc) is 3.28. The van der Waals surface area contributed by atoms with Gasteiger partial charge in [0.05, 0.1) is 31.2 Å². The van der Waals surface area contributed by atoms with Crippen LogP contribution in [0.15, 0.2) is 58.2 Å². The number of furan rings is 1. The summed E-state index contributed by atoms with van der Waals surface area (Å²) in [5.41, 5.74) is 0.887. The van der Waals surface area contributed by atoms with Crippen LogP contribution < -0.4 is 4.90 Å². The molecular weight excluding hydrogens is 368 g/mol. The van der Waals surface area contributed by atoms with Crippen molar-refractivity contribution in [1.29, 1.82) is 0 Å². The first kappa shape index (κ1) is 20.9. The number of hydrogen-bond acceptors (Lipinski definition) is 4. The number of ketones is 1. The van der Waals surface area contributed by atoms with Crippen molar-refractivity contribution < 1.29 is 24.0 Å². The van der Waals surface area contributed by atoms with Crippen molar-refractivity contribution in [1.82, 2.24) is 4.90 Å². The minimum Gasteiger partial charge on any atom is -0.503 e. The molecule has 0 aliphatic carbocycles. The monoisotopic (exact) mass is 397 g/mol. The third kappa shape index (κ3) is 4.27. The first-order valence-electron chi connectivity index (χ1n) is 10.2. The lowest BCUT2D eigenvalue weighted by Gasteiger charge is -2.27. The van der Waals surface area contributed by atoms with E-state index in [1.54, 1.807) is 24.0 Å². The van der Waals surface area contributed by atoms with E-state index in [-0.39, 0.29) is 11.3 Å². The normalized spacial score (nSPS) is 16.9. The second-order valence-electron chi connectivity index (χ2n) is 7.37. The van der Waals surface area contributed by atoms with Gasteiger partial charge < -0.3 is 19.3 Å². The maximum Gasteiger partial charge on any atom is 0.290 e. The average molecular weight is 397 g/mol. The molecule has 2 N–H and O–H groups in total. The van der Waals surface area contributed by atoms with Crippen molar-refractivity contribution in [2.75, 3.05) is 26.2 Å². The predicted octanol–water partition coefficient (Wildman–Crippen LogP) is 2.48. The molecule has 1 aliphatic heterocycles. The molecule has 6 nitrogen and oxygen atoms in total. The Bertz CT molecular complexity index is 897. The molecule has 2 heterocycles. The summed E-state index contributed by atoms with van der Waals surface area (Å²) in [5.74, 6) is -0.692. The van der Waals surface area contributed by atoms with Crippen LogP contribution in [-0.4, -0.2) is 47.9 Å². The molecule has 1 atom stereocenters. The van der Waals surface area contributed by atoms with Gasteiger partial charge in [0, 0.05) is 13.0 Å². The van der Waals surface area contributed by atoms with Crippen molar-refractivity contribution in [3.05, 3.63) is 70.9 Å². The number of Topliss-reactive ketones (excluding diaryl/α,β-unsaturated/α-hetero) is 1. The van der Waals surface area contributed by atoms with Crippen LogP contribution >= 0.6 is 0 Å². The fourth-order valence-corrected chi connectivity index (χ4v) is 3.89. The van der Waals surface area contributed by atoms with Crippen LogP contribution in [0.5, 0.6) is 0 Å². The van der Waals surface area contributed by atoms with Gasteiger partial charge in [-0.1, -0.05) is 30.3 Å².